The Morgan fingerprint density at radius 2 is 2.05 bits per heavy atom. The van der Waals surface area contributed by atoms with E-state index in [1.165, 1.54) is 31.4 Å². The van der Waals surface area contributed by atoms with Crippen molar-refractivity contribution in [3.63, 3.8) is 0 Å². The maximum absolute atomic E-state index is 13.3. The number of hydrogen-bond acceptors (Lipinski definition) is 2. The highest BCUT2D eigenvalue weighted by atomic mass is 19.2. The summed E-state index contributed by atoms with van der Waals surface area (Å²) in [5.41, 5.74) is 3.91. The van der Waals surface area contributed by atoms with Crippen LogP contribution in [0.4, 0.5) is 8.78 Å². The van der Waals surface area contributed by atoms with Crippen LogP contribution in [0.3, 0.4) is 0 Å². The first-order chi connectivity index (χ1) is 9.44. The lowest BCUT2D eigenvalue weighted by atomic mass is 9.65. The number of nitrogens with two attached hydrogens (primary N) is 1. The molecule has 0 aliphatic heterocycles. The van der Waals surface area contributed by atoms with Gasteiger partial charge in [-0.2, -0.15) is 0 Å². The van der Waals surface area contributed by atoms with Gasteiger partial charge in [-0.25, -0.2) is 8.78 Å². The van der Waals surface area contributed by atoms with Crippen LogP contribution < -0.4 is 11.3 Å². The molecule has 2 nitrogen and oxygen atoms in total. The fourth-order valence-electron chi connectivity index (χ4n) is 3.50. The Morgan fingerprint density at radius 1 is 1.30 bits per heavy atom. The van der Waals surface area contributed by atoms with Crippen LogP contribution in [0.1, 0.15) is 45.1 Å². The molecule has 3 N–H and O–H groups in total. The van der Waals surface area contributed by atoms with Gasteiger partial charge >= 0.3 is 0 Å². The number of benzene rings is 1. The van der Waals surface area contributed by atoms with Crippen LogP contribution in [-0.2, 0) is 6.42 Å². The van der Waals surface area contributed by atoms with Crippen LogP contribution in [0.15, 0.2) is 18.2 Å². The van der Waals surface area contributed by atoms with Gasteiger partial charge < -0.3 is 0 Å². The summed E-state index contributed by atoms with van der Waals surface area (Å²) in [6, 6.07) is 4.19. The molecule has 1 aromatic rings. The molecule has 1 aliphatic rings. The molecule has 1 aliphatic carbocycles. The third-order valence-electron chi connectivity index (χ3n) is 4.73. The van der Waals surface area contributed by atoms with Crippen LogP contribution in [0.5, 0.6) is 0 Å². The highest BCUT2D eigenvalue weighted by Gasteiger charge is 2.37. The van der Waals surface area contributed by atoms with Crippen molar-refractivity contribution in [2.24, 2.45) is 17.2 Å². The van der Waals surface area contributed by atoms with Crippen molar-refractivity contribution in [2.75, 3.05) is 0 Å². The average Bonchev–Trinajstić information content (AvgIpc) is 2.40. The molecule has 0 aromatic heterocycles. The fourth-order valence-corrected chi connectivity index (χ4v) is 3.50. The lowest BCUT2D eigenvalue weighted by Gasteiger charge is -2.43. The molecule has 112 valence electrons. The Balaban J connectivity index is 2.13. The molecule has 0 radical (unpaired) electrons. The number of hydrazine groups is 1. The van der Waals surface area contributed by atoms with Gasteiger partial charge in [-0.05, 0) is 48.3 Å². The molecule has 4 heteroatoms. The molecular formula is C16H24F2N2. The number of hydrogen-bond donors (Lipinski definition) is 2. The average molecular weight is 282 g/mol. The second kappa shape index (κ2) is 6.19. The summed E-state index contributed by atoms with van der Waals surface area (Å²) in [4.78, 5) is 0. The Bertz CT molecular complexity index is 460. The fraction of sp³-hybridized carbons (Fsp3) is 0.625. The van der Waals surface area contributed by atoms with E-state index in [0.29, 0.717) is 12.3 Å². The lowest BCUT2D eigenvalue weighted by Crippen LogP contribution is -2.48. The quantitative estimate of drug-likeness (QED) is 0.654. The van der Waals surface area contributed by atoms with Gasteiger partial charge in [0.2, 0.25) is 0 Å². The predicted octanol–water partition coefficient (Wildman–Crippen LogP) is 3.56. The second-order valence-electron chi connectivity index (χ2n) is 6.57. The summed E-state index contributed by atoms with van der Waals surface area (Å²) in [6.45, 7) is 4.54. The topological polar surface area (TPSA) is 38.0 Å². The van der Waals surface area contributed by atoms with E-state index in [-0.39, 0.29) is 11.5 Å². The summed E-state index contributed by atoms with van der Waals surface area (Å²) < 4.78 is 26.3. The van der Waals surface area contributed by atoms with E-state index in [2.05, 4.69) is 19.3 Å². The summed E-state index contributed by atoms with van der Waals surface area (Å²) in [6.07, 6.45) is 5.41. The summed E-state index contributed by atoms with van der Waals surface area (Å²) in [5.74, 6) is 4.58. The van der Waals surface area contributed by atoms with E-state index >= 15 is 0 Å². The van der Waals surface area contributed by atoms with Gasteiger partial charge in [0, 0.05) is 6.04 Å². The minimum absolute atomic E-state index is 0.0927. The highest BCUT2D eigenvalue weighted by molar-refractivity contribution is 5.19. The number of rotatable bonds is 4. The van der Waals surface area contributed by atoms with E-state index in [4.69, 9.17) is 5.84 Å². The maximum Gasteiger partial charge on any atom is 0.159 e. The van der Waals surface area contributed by atoms with Gasteiger partial charge in [0.15, 0.2) is 11.6 Å². The van der Waals surface area contributed by atoms with E-state index < -0.39 is 11.6 Å². The van der Waals surface area contributed by atoms with Crippen molar-refractivity contribution < 1.29 is 8.78 Å². The zero-order valence-electron chi connectivity index (χ0n) is 12.3. The number of nitrogens with one attached hydrogen (secondary N) is 1. The molecule has 2 atom stereocenters. The summed E-state index contributed by atoms with van der Waals surface area (Å²) in [5, 5.41) is 0. The first-order valence-electron chi connectivity index (χ1n) is 7.34. The third kappa shape index (κ3) is 3.36. The molecule has 1 aromatic carbocycles. The predicted molar refractivity (Wildman–Crippen MR) is 76.9 cm³/mol. The standard InChI is InChI=1S/C16H24F2N2/c1-16(2)8-4-3-5-12(16)15(20-19)10-11-6-7-13(17)14(18)9-11/h6-7,9,12,15,20H,3-5,8,10,19H2,1-2H3. The van der Waals surface area contributed by atoms with Gasteiger partial charge in [-0.1, -0.05) is 32.8 Å². The van der Waals surface area contributed by atoms with Crippen molar-refractivity contribution in [2.45, 2.75) is 52.0 Å². The van der Waals surface area contributed by atoms with Gasteiger partial charge in [-0.3, -0.25) is 11.3 Å². The molecule has 2 rings (SSSR count). The van der Waals surface area contributed by atoms with Crippen LogP contribution in [-0.4, -0.2) is 6.04 Å². The largest absolute Gasteiger partial charge is 0.271 e. The normalized spacial score (nSPS) is 23.6. The summed E-state index contributed by atoms with van der Waals surface area (Å²) in [7, 11) is 0. The van der Waals surface area contributed by atoms with Crippen molar-refractivity contribution in [3.05, 3.63) is 35.4 Å². The van der Waals surface area contributed by atoms with Crippen molar-refractivity contribution in [1.29, 1.82) is 0 Å². The van der Waals surface area contributed by atoms with Gasteiger partial charge in [0.1, 0.15) is 0 Å². The Hall–Kier alpha value is -1.00. The first-order valence-corrected chi connectivity index (χ1v) is 7.34. The first kappa shape index (κ1) is 15.4. The monoisotopic (exact) mass is 282 g/mol. The van der Waals surface area contributed by atoms with E-state index in [1.807, 2.05) is 0 Å². The third-order valence-corrected chi connectivity index (χ3v) is 4.73. The molecular weight excluding hydrogens is 258 g/mol. The SMILES string of the molecule is CC1(C)CCCCC1C(Cc1ccc(F)c(F)c1)NN. The van der Waals surface area contributed by atoms with Crippen molar-refractivity contribution >= 4 is 0 Å². The van der Waals surface area contributed by atoms with Crippen molar-refractivity contribution in [1.82, 2.24) is 5.43 Å². The number of halogens is 2. The molecule has 0 bridgehead atoms. The molecule has 0 heterocycles. The van der Waals surface area contributed by atoms with Crippen LogP contribution in [0, 0.1) is 23.0 Å². The summed E-state index contributed by atoms with van der Waals surface area (Å²) >= 11 is 0. The van der Waals surface area contributed by atoms with Gasteiger partial charge in [0.05, 0.1) is 0 Å². The van der Waals surface area contributed by atoms with Crippen LogP contribution in [0.2, 0.25) is 0 Å². The van der Waals surface area contributed by atoms with E-state index in [0.717, 1.165) is 12.0 Å². The van der Waals surface area contributed by atoms with E-state index in [1.54, 1.807) is 6.07 Å². The molecule has 0 spiro atoms. The van der Waals surface area contributed by atoms with Gasteiger partial charge in [0.25, 0.3) is 0 Å². The molecule has 20 heavy (non-hydrogen) atoms. The Kier molecular flexibility index (Phi) is 4.76. The zero-order chi connectivity index (χ0) is 14.8. The van der Waals surface area contributed by atoms with Crippen LogP contribution >= 0.6 is 0 Å². The smallest absolute Gasteiger partial charge is 0.159 e. The zero-order valence-corrected chi connectivity index (χ0v) is 12.3. The second-order valence-corrected chi connectivity index (χ2v) is 6.57. The molecule has 2 unspecified atom stereocenters. The maximum atomic E-state index is 13.3. The molecule has 0 saturated heterocycles. The van der Waals surface area contributed by atoms with Crippen molar-refractivity contribution in [3.8, 4) is 0 Å². The van der Waals surface area contributed by atoms with Crippen LogP contribution in [0.25, 0.3) is 0 Å². The lowest BCUT2D eigenvalue weighted by molar-refractivity contribution is 0.0981. The minimum Gasteiger partial charge on any atom is -0.271 e. The molecule has 0 amide bonds. The Morgan fingerprint density at radius 3 is 2.65 bits per heavy atom. The minimum atomic E-state index is -0.802. The molecule has 1 fully saturated rings. The van der Waals surface area contributed by atoms with E-state index in [9.17, 15) is 8.78 Å². The molecule has 1 saturated carbocycles. The van der Waals surface area contributed by atoms with Gasteiger partial charge in [-0.15, -0.1) is 0 Å². The highest BCUT2D eigenvalue weighted by Crippen LogP contribution is 2.42. The Labute approximate surface area is 119 Å².